The third-order valence-electron chi connectivity index (χ3n) is 2.80. The van der Waals surface area contributed by atoms with Crippen LogP contribution in [0.2, 0.25) is 5.02 Å². The van der Waals surface area contributed by atoms with Crippen LogP contribution in [-0.4, -0.2) is 21.0 Å². The molecular weight excluding hydrogens is 252 g/mol. The lowest BCUT2D eigenvalue weighted by Crippen LogP contribution is -2.08. The molecule has 2 N–H and O–H groups in total. The molecule has 5 heteroatoms. The van der Waals surface area contributed by atoms with Gasteiger partial charge in [0.2, 0.25) is 0 Å². The molecule has 0 saturated carbocycles. The molecule has 0 aliphatic rings. The summed E-state index contributed by atoms with van der Waals surface area (Å²) in [6, 6.07) is 7.29. The Morgan fingerprint density at radius 3 is 2.56 bits per heavy atom. The zero-order valence-corrected chi connectivity index (χ0v) is 10.8. The van der Waals surface area contributed by atoms with Crippen LogP contribution in [0.4, 0.5) is 0 Å². The van der Waals surface area contributed by atoms with Gasteiger partial charge in [-0.1, -0.05) is 23.7 Å². The molecular formula is C13H13ClN2O2. The molecule has 2 rings (SSSR count). The molecule has 0 spiro atoms. The Labute approximate surface area is 110 Å². The number of hydrogen-bond acceptors (Lipinski definition) is 2. The quantitative estimate of drug-likeness (QED) is 0.894. The van der Waals surface area contributed by atoms with Crippen molar-refractivity contribution < 1.29 is 9.90 Å². The minimum atomic E-state index is -0.897. The highest BCUT2D eigenvalue weighted by atomic mass is 35.5. The molecule has 0 saturated heterocycles. The number of aromatic nitrogens is 2. The highest BCUT2D eigenvalue weighted by molar-refractivity contribution is 6.30. The molecule has 0 fully saturated rings. The van der Waals surface area contributed by atoms with Crippen LogP contribution in [0.25, 0.3) is 11.3 Å². The number of nitrogens with one attached hydrogen (secondary N) is 1. The van der Waals surface area contributed by atoms with E-state index in [0.29, 0.717) is 10.8 Å². The van der Waals surface area contributed by atoms with Gasteiger partial charge in [-0.15, -0.1) is 0 Å². The van der Waals surface area contributed by atoms with Crippen LogP contribution in [0.3, 0.4) is 0 Å². The first-order valence-corrected chi connectivity index (χ1v) is 5.92. The first-order valence-electron chi connectivity index (χ1n) is 5.54. The van der Waals surface area contributed by atoms with Gasteiger partial charge in [-0.3, -0.25) is 4.79 Å². The molecule has 0 radical (unpaired) electrons. The number of carboxylic acids is 1. The molecule has 0 bridgehead atoms. The summed E-state index contributed by atoms with van der Waals surface area (Å²) in [7, 11) is 0. The van der Waals surface area contributed by atoms with E-state index in [1.165, 1.54) is 0 Å². The van der Waals surface area contributed by atoms with Crippen molar-refractivity contribution in [1.82, 2.24) is 9.97 Å². The Hall–Kier alpha value is -1.81. The Balaban J connectivity index is 2.40. The van der Waals surface area contributed by atoms with Gasteiger partial charge in [-0.25, -0.2) is 4.98 Å². The fraction of sp³-hybridized carbons (Fsp3) is 0.231. The summed E-state index contributed by atoms with van der Waals surface area (Å²) < 4.78 is 0. The maximum Gasteiger partial charge on any atom is 0.313 e. The first-order chi connectivity index (χ1) is 8.49. The van der Waals surface area contributed by atoms with Crippen LogP contribution in [0.1, 0.15) is 24.4 Å². The Morgan fingerprint density at radius 2 is 2.00 bits per heavy atom. The molecule has 0 amide bonds. The van der Waals surface area contributed by atoms with Crippen LogP contribution < -0.4 is 0 Å². The molecule has 2 aromatic rings. The Bertz CT molecular complexity index is 575. The number of benzene rings is 1. The Kier molecular flexibility index (Phi) is 3.39. The van der Waals surface area contributed by atoms with Gasteiger partial charge in [-0.05, 0) is 26.0 Å². The number of aliphatic carboxylic acids is 1. The number of aromatic amines is 1. The summed E-state index contributed by atoms with van der Waals surface area (Å²) in [5.41, 5.74) is 2.52. The van der Waals surface area contributed by atoms with E-state index in [4.69, 9.17) is 16.7 Å². The average molecular weight is 265 g/mol. The number of aryl methyl sites for hydroxylation is 1. The second-order valence-electron chi connectivity index (χ2n) is 4.16. The van der Waals surface area contributed by atoms with Crippen molar-refractivity contribution in [2.45, 2.75) is 19.8 Å². The van der Waals surface area contributed by atoms with Crippen LogP contribution in [0, 0.1) is 6.92 Å². The van der Waals surface area contributed by atoms with Gasteiger partial charge in [0, 0.05) is 16.3 Å². The van der Waals surface area contributed by atoms with E-state index in [0.717, 1.165) is 17.0 Å². The summed E-state index contributed by atoms with van der Waals surface area (Å²) in [6.07, 6.45) is 0. The van der Waals surface area contributed by atoms with Crippen molar-refractivity contribution in [2.75, 3.05) is 0 Å². The average Bonchev–Trinajstić information content (AvgIpc) is 2.71. The number of nitrogens with zero attached hydrogens (tertiary/aromatic N) is 1. The van der Waals surface area contributed by atoms with E-state index in [2.05, 4.69) is 9.97 Å². The van der Waals surface area contributed by atoms with Gasteiger partial charge in [0.25, 0.3) is 0 Å². The minimum absolute atomic E-state index is 0.463. The molecule has 4 nitrogen and oxygen atoms in total. The summed E-state index contributed by atoms with van der Waals surface area (Å²) in [6.45, 7) is 3.47. The fourth-order valence-electron chi connectivity index (χ4n) is 1.69. The van der Waals surface area contributed by atoms with E-state index in [-0.39, 0.29) is 0 Å². The van der Waals surface area contributed by atoms with Gasteiger partial charge in [0.1, 0.15) is 11.7 Å². The fourth-order valence-corrected chi connectivity index (χ4v) is 1.82. The molecule has 0 aliphatic heterocycles. The lowest BCUT2D eigenvalue weighted by Gasteiger charge is -2.00. The minimum Gasteiger partial charge on any atom is -0.481 e. The van der Waals surface area contributed by atoms with Crippen molar-refractivity contribution in [2.24, 2.45) is 0 Å². The summed E-state index contributed by atoms with van der Waals surface area (Å²) in [4.78, 5) is 18.3. The number of hydrogen-bond donors (Lipinski definition) is 2. The van der Waals surface area contributed by atoms with E-state index in [9.17, 15) is 4.79 Å². The number of carbonyl (C=O) groups is 1. The lowest BCUT2D eigenvalue weighted by molar-refractivity contribution is -0.138. The zero-order valence-electron chi connectivity index (χ0n) is 10.1. The lowest BCUT2D eigenvalue weighted by atomic mass is 10.1. The van der Waals surface area contributed by atoms with E-state index < -0.39 is 11.9 Å². The van der Waals surface area contributed by atoms with Gasteiger partial charge in [0.05, 0.1) is 5.69 Å². The van der Waals surface area contributed by atoms with Crippen molar-refractivity contribution in [3.8, 4) is 11.3 Å². The van der Waals surface area contributed by atoms with Crippen molar-refractivity contribution in [3.63, 3.8) is 0 Å². The third-order valence-corrected chi connectivity index (χ3v) is 3.05. The van der Waals surface area contributed by atoms with Crippen molar-refractivity contribution >= 4 is 17.6 Å². The molecule has 1 atom stereocenters. The van der Waals surface area contributed by atoms with E-state index in [1.807, 2.05) is 19.1 Å². The molecule has 0 aliphatic carbocycles. The van der Waals surface area contributed by atoms with Crippen molar-refractivity contribution in [1.29, 1.82) is 0 Å². The number of H-pyrrole nitrogens is 1. The molecule has 1 unspecified atom stereocenters. The summed E-state index contributed by atoms with van der Waals surface area (Å²) >= 11 is 5.83. The monoisotopic (exact) mass is 264 g/mol. The third kappa shape index (κ3) is 2.38. The molecule has 1 heterocycles. The first kappa shape index (κ1) is 12.6. The standard InChI is InChI=1S/C13H13ClN2O2/c1-7(13(17)18)12-15-8(2)11(16-12)9-3-5-10(14)6-4-9/h3-7H,1-2H3,(H,15,16)(H,17,18). The van der Waals surface area contributed by atoms with Gasteiger partial charge < -0.3 is 10.1 Å². The predicted octanol–water partition coefficient (Wildman–Crippen LogP) is 3.23. The number of carboxylic acid groups (broad SMARTS) is 1. The number of rotatable bonds is 3. The maximum absolute atomic E-state index is 10.9. The summed E-state index contributed by atoms with van der Waals surface area (Å²) in [5, 5.41) is 9.62. The molecule has 1 aromatic heterocycles. The highest BCUT2D eigenvalue weighted by Crippen LogP contribution is 2.25. The molecule has 1 aromatic carbocycles. The van der Waals surface area contributed by atoms with Gasteiger partial charge >= 0.3 is 5.97 Å². The number of imidazole rings is 1. The van der Waals surface area contributed by atoms with Gasteiger partial charge in [-0.2, -0.15) is 0 Å². The highest BCUT2D eigenvalue weighted by Gasteiger charge is 2.19. The van der Waals surface area contributed by atoms with Crippen molar-refractivity contribution in [3.05, 3.63) is 40.8 Å². The maximum atomic E-state index is 10.9. The topological polar surface area (TPSA) is 66.0 Å². The molecule has 18 heavy (non-hydrogen) atoms. The Morgan fingerprint density at radius 1 is 1.39 bits per heavy atom. The zero-order chi connectivity index (χ0) is 13.3. The van der Waals surface area contributed by atoms with E-state index in [1.54, 1.807) is 19.1 Å². The number of halogens is 1. The van der Waals surface area contributed by atoms with E-state index >= 15 is 0 Å². The van der Waals surface area contributed by atoms with Crippen LogP contribution in [-0.2, 0) is 4.79 Å². The SMILES string of the molecule is Cc1[nH]c(C(C)C(=O)O)nc1-c1ccc(Cl)cc1. The van der Waals surface area contributed by atoms with Gasteiger partial charge in [0.15, 0.2) is 0 Å². The van der Waals surface area contributed by atoms with Crippen LogP contribution in [0.15, 0.2) is 24.3 Å². The summed E-state index contributed by atoms with van der Waals surface area (Å²) in [5.74, 6) is -1.08. The van der Waals surface area contributed by atoms with Crippen LogP contribution in [0.5, 0.6) is 0 Å². The largest absolute Gasteiger partial charge is 0.481 e. The smallest absolute Gasteiger partial charge is 0.313 e. The second-order valence-corrected chi connectivity index (χ2v) is 4.60. The second kappa shape index (κ2) is 4.82. The predicted molar refractivity (Wildman–Crippen MR) is 69.8 cm³/mol. The normalized spacial score (nSPS) is 12.4. The molecule has 94 valence electrons. The van der Waals surface area contributed by atoms with Crippen LogP contribution >= 0.6 is 11.6 Å².